The molecule has 3 rings (SSSR count). The molecule has 0 saturated carbocycles. The predicted molar refractivity (Wildman–Crippen MR) is 77.2 cm³/mol. The molecule has 1 atom stereocenters. The van der Waals surface area contributed by atoms with Crippen LogP contribution in [0.2, 0.25) is 0 Å². The van der Waals surface area contributed by atoms with E-state index >= 15 is 0 Å². The van der Waals surface area contributed by atoms with Crippen molar-refractivity contribution >= 4 is 9.84 Å². The van der Waals surface area contributed by atoms with Crippen LogP contribution in [-0.2, 0) is 21.9 Å². The molecule has 0 bridgehead atoms. The summed E-state index contributed by atoms with van der Waals surface area (Å²) in [5, 5.41) is 10.9. The van der Waals surface area contributed by atoms with Crippen molar-refractivity contribution in [3.8, 4) is 0 Å². The molecular weight excluding hydrogens is 272 g/mol. The standard InChI is InChI=1S/C16H16O3S/c17-16(12-13-6-2-1-3-7-13)10-11-20(18,19)15-9-5-4-8-14(15)16/h1-9,17H,10-12H2. The molecule has 0 saturated heterocycles. The fraction of sp³-hybridized carbons (Fsp3) is 0.250. The summed E-state index contributed by atoms with van der Waals surface area (Å²) in [6.07, 6.45) is 0.668. The van der Waals surface area contributed by atoms with E-state index in [1.54, 1.807) is 24.3 Å². The normalized spacial score (nSPS) is 24.1. The van der Waals surface area contributed by atoms with Crippen LogP contribution >= 0.6 is 0 Å². The van der Waals surface area contributed by atoms with Gasteiger partial charge in [-0.05, 0) is 18.1 Å². The monoisotopic (exact) mass is 288 g/mol. The molecule has 104 valence electrons. The third-order valence-corrected chi connectivity index (χ3v) is 5.61. The molecule has 1 unspecified atom stereocenters. The van der Waals surface area contributed by atoms with Crippen LogP contribution < -0.4 is 0 Å². The zero-order valence-corrected chi connectivity index (χ0v) is 11.8. The third-order valence-electron chi connectivity index (χ3n) is 3.85. The number of rotatable bonds is 2. The van der Waals surface area contributed by atoms with Gasteiger partial charge in [0.05, 0.1) is 16.2 Å². The highest BCUT2D eigenvalue weighted by Gasteiger charge is 2.40. The molecule has 0 radical (unpaired) electrons. The summed E-state index contributed by atoms with van der Waals surface area (Å²) in [6, 6.07) is 16.4. The Kier molecular flexibility index (Phi) is 3.15. The van der Waals surface area contributed by atoms with Gasteiger partial charge in [-0.2, -0.15) is 0 Å². The quantitative estimate of drug-likeness (QED) is 0.922. The molecule has 2 aromatic carbocycles. The number of benzene rings is 2. The van der Waals surface area contributed by atoms with Crippen LogP contribution in [0.5, 0.6) is 0 Å². The Morgan fingerprint density at radius 1 is 1.00 bits per heavy atom. The number of aliphatic hydroxyl groups is 1. The summed E-state index contributed by atoms with van der Waals surface area (Å²) < 4.78 is 24.2. The average molecular weight is 288 g/mol. The van der Waals surface area contributed by atoms with E-state index in [4.69, 9.17) is 0 Å². The second-order valence-electron chi connectivity index (χ2n) is 5.26. The summed E-state index contributed by atoms with van der Waals surface area (Å²) in [5.74, 6) is -0.00660. The molecule has 0 amide bonds. The zero-order valence-electron chi connectivity index (χ0n) is 11.0. The predicted octanol–water partition coefficient (Wildman–Crippen LogP) is 2.29. The van der Waals surface area contributed by atoms with Crippen molar-refractivity contribution in [3.05, 3.63) is 65.7 Å². The molecule has 3 nitrogen and oxygen atoms in total. The molecule has 1 heterocycles. The van der Waals surface area contributed by atoms with E-state index < -0.39 is 15.4 Å². The smallest absolute Gasteiger partial charge is 0.178 e. The molecule has 1 aliphatic heterocycles. The molecule has 0 fully saturated rings. The lowest BCUT2D eigenvalue weighted by Gasteiger charge is -2.34. The van der Waals surface area contributed by atoms with Crippen LogP contribution in [0.3, 0.4) is 0 Å². The maximum atomic E-state index is 12.1. The Morgan fingerprint density at radius 2 is 1.65 bits per heavy atom. The van der Waals surface area contributed by atoms with Crippen LogP contribution in [0.25, 0.3) is 0 Å². The van der Waals surface area contributed by atoms with E-state index in [1.807, 2.05) is 30.3 Å². The molecule has 0 aliphatic carbocycles. The molecule has 4 heteroatoms. The molecule has 0 spiro atoms. The van der Waals surface area contributed by atoms with Gasteiger partial charge in [-0.15, -0.1) is 0 Å². The van der Waals surface area contributed by atoms with Crippen molar-refractivity contribution < 1.29 is 13.5 Å². The van der Waals surface area contributed by atoms with Gasteiger partial charge < -0.3 is 5.11 Å². The molecule has 0 aromatic heterocycles. The van der Waals surface area contributed by atoms with Crippen LogP contribution in [0.1, 0.15) is 17.5 Å². The van der Waals surface area contributed by atoms with Crippen LogP contribution in [-0.4, -0.2) is 19.3 Å². The summed E-state index contributed by atoms with van der Waals surface area (Å²) in [7, 11) is -3.27. The lowest BCUT2D eigenvalue weighted by molar-refractivity contribution is 0.0283. The summed E-state index contributed by atoms with van der Waals surface area (Å²) in [6.45, 7) is 0. The summed E-state index contributed by atoms with van der Waals surface area (Å²) in [5.41, 5.74) is 0.419. The van der Waals surface area contributed by atoms with Gasteiger partial charge in [0, 0.05) is 12.0 Å². The highest BCUT2D eigenvalue weighted by atomic mass is 32.2. The molecule has 2 aromatic rings. The Morgan fingerprint density at radius 3 is 2.40 bits per heavy atom. The van der Waals surface area contributed by atoms with Gasteiger partial charge in [-0.3, -0.25) is 0 Å². The Balaban J connectivity index is 2.07. The van der Waals surface area contributed by atoms with Gasteiger partial charge in [0.25, 0.3) is 0 Å². The highest BCUT2D eigenvalue weighted by Crippen LogP contribution is 2.39. The lowest BCUT2D eigenvalue weighted by atomic mass is 9.84. The minimum atomic E-state index is -3.27. The van der Waals surface area contributed by atoms with Crippen molar-refractivity contribution in [1.82, 2.24) is 0 Å². The Bertz CT molecular complexity index is 722. The van der Waals surface area contributed by atoms with E-state index in [2.05, 4.69) is 0 Å². The third kappa shape index (κ3) is 2.25. The first-order chi connectivity index (χ1) is 9.51. The van der Waals surface area contributed by atoms with Crippen LogP contribution in [0.15, 0.2) is 59.5 Å². The Labute approximate surface area is 118 Å². The van der Waals surface area contributed by atoms with Crippen molar-refractivity contribution in [1.29, 1.82) is 0 Å². The van der Waals surface area contributed by atoms with E-state index in [-0.39, 0.29) is 17.1 Å². The van der Waals surface area contributed by atoms with Gasteiger partial charge >= 0.3 is 0 Å². The number of fused-ring (bicyclic) bond motifs is 1. The highest BCUT2D eigenvalue weighted by molar-refractivity contribution is 7.91. The van der Waals surface area contributed by atoms with Crippen molar-refractivity contribution in [2.75, 3.05) is 5.75 Å². The van der Waals surface area contributed by atoms with Crippen LogP contribution in [0, 0.1) is 0 Å². The van der Waals surface area contributed by atoms with E-state index in [9.17, 15) is 13.5 Å². The molecule has 1 N–H and O–H groups in total. The van der Waals surface area contributed by atoms with Crippen LogP contribution in [0.4, 0.5) is 0 Å². The first-order valence-corrected chi connectivity index (χ1v) is 8.25. The molecule has 20 heavy (non-hydrogen) atoms. The van der Waals surface area contributed by atoms with Gasteiger partial charge in [0.1, 0.15) is 0 Å². The van der Waals surface area contributed by atoms with Gasteiger partial charge in [0.15, 0.2) is 9.84 Å². The topological polar surface area (TPSA) is 54.4 Å². The number of sulfone groups is 1. The SMILES string of the molecule is O=S1(=O)CCC(O)(Cc2ccccc2)c2ccccc21. The minimum absolute atomic E-state index is 0.00660. The Hall–Kier alpha value is -1.65. The van der Waals surface area contributed by atoms with Gasteiger partial charge in [0.2, 0.25) is 0 Å². The second-order valence-corrected chi connectivity index (χ2v) is 7.34. The van der Waals surface area contributed by atoms with Crippen molar-refractivity contribution in [2.45, 2.75) is 23.3 Å². The van der Waals surface area contributed by atoms with E-state index in [0.717, 1.165) is 5.56 Å². The fourth-order valence-electron chi connectivity index (χ4n) is 2.79. The van der Waals surface area contributed by atoms with Crippen molar-refractivity contribution in [2.24, 2.45) is 0 Å². The fourth-order valence-corrected chi connectivity index (χ4v) is 4.49. The van der Waals surface area contributed by atoms with Crippen molar-refractivity contribution in [3.63, 3.8) is 0 Å². The maximum absolute atomic E-state index is 12.1. The number of hydrogen-bond donors (Lipinski definition) is 1. The first kappa shape index (κ1) is 13.3. The van der Waals surface area contributed by atoms with Gasteiger partial charge in [-0.25, -0.2) is 8.42 Å². The largest absolute Gasteiger partial charge is 0.385 e. The average Bonchev–Trinajstić information content (AvgIpc) is 2.45. The molecular formula is C16H16O3S. The maximum Gasteiger partial charge on any atom is 0.178 e. The minimum Gasteiger partial charge on any atom is -0.385 e. The summed E-state index contributed by atoms with van der Waals surface area (Å²) >= 11 is 0. The van der Waals surface area contributed by atoms with Gasteiger partial charge in [-0.1, -0.05) is 48.5 Å². The van der Waals surface area contributed by atoms with E-state index in [1.165, 1.54) is 0 Å². The van der Waals surface area contributed by atoms with E-state index in [0.29, 0.717) is 12.0 Å². The first-order valence-electron chi connectivity index (χ1n) is 6.60. The second kappa shape index (κ2) is 4.72. The number of hydrogen-bond acceptors (Lipinski definition) is 3. The summed E-state index contributed by atoms with van der Waals surface area (Å²) in [4.78, 5) is 0.268. The zero-order chi connectivity index (χ0) is 14.2. The molecule has 1 aliphatic rings. The lowest BCUT2D eigenvalue weighted by Crippen LogP contribution is -2.37.